The summed E-state index contributed by atoms with van der Waals surface area (Å²) in [5.41, 5.74) is 3.71. The molecule has 194 valence electrons. The van der Waals surface area contributed by atoms with Gasteiger partial charge in [0, 0.05) is 30.3 Å². The number of hydrogen-bond acceptors (Lipinski definition) is 3. The Morgan fingerprint density at radius 3 is 2.32 bits per heavy atom. The van der Waals surface area contributed by atoms with Gasteiger partial charge in [-0.05, 0) is 37.0 Å². The number of amides is 2. The van der Waals surface area contributed by atoms with Crippen molar-refractivity contribution in [1.29, 1.82) is 0 Å². The molecule has 0 aliphatic heterocycles. The van der Waals surface area contributed by atoms with Crippen molar-refractivity contribution >= 4 is 23.6 Å². The normalized spacial score (nSPS) is 14.3. The van der Waals surface area contributed by atoms with Crippen LogP contribution in [0.1, 0.15) is 47.9 Å². The SMILES string of the molecule is Cc1ccc(CSCC(=O)N(Cc2ccccc2F)[C@@H](Cc2ccccc2)C(=O)NC2CCCC2)cc1. The molecule has 6 heteroatoms. The van der Waals surface area contributed by atoms with Gasteiger partial charge in [0.1, 0.15) is 11.9 Å². The van der Waals surface area contributed by atoms with Crippen molar-refractivity contribution in [1.82, 2.24) is 10.2 Å². The van der Waals surface area contributed by atoms with E-state index >= 15 is 0 Å². The van der Waals surface area contributed by atoms with Crippen molar-refractivity contribution in [2.75, 3.05) is 5.75 Å². The predicted octanol–water partition coefficient (Wildman–Crippen LogP) is 6.07. The van der Waals surface area contributed by atoms with Gasteiger partial charge in [0.05, 0.1) is 5.75 Å². The van der Waals surface area contributed by atoms with Crippen LogP contribution in [0.4, 0.5) is 4.39 Å². The van der Waals surface area contributed by atoms with Crippen LogP contribution in [0.25, 0.3) is 0 Å². The minimum Gasteiger partial charge on any atom is -0.352 e. The predicted molar refractivity (Wildman–Crippen MR) is 149 cm³/mol. The molecule has 37 heavy (non-hydrogen) atoms. The number of nitrogens with zero attached hydrogens (tertiary/aromatic N) is 1. The largest absolute Gasteiger partial charge is 0.352 e. The quantitative estimate of drug-likeness (QED) is 0.335. The average Bonchev–Trinajstić information content (AvgIpc) is 3.42. The first-order chi connectivity index (χ1) is 18.0. The van der Waals surface area contributed by atoms with Crippen LogP contribution in [-0.2, 0) is 28.3 Å². The standard InChI is InChI=1S/C31H35FN2O2S/c1-23-15-17-25(18-16-23)21-37-22-30(35)34(20-26-11-5-8-14-28(26)32)29(19-24-9-3-2-4-10-24)31(36)33-27-12-6-7-13-27/h2-5,8-11,14-18,27,29H,6-7,12-13,19-22H2,1H3,(H,33,36)/t29-/m0/s1. The number of thioether (sulfide) groups is 1. The molecule has 4 nitrogen and oxygen atoms in total. The Kier molecular flexibility index (Phi) is 9.78. The van der Waals surface area contributed by atoms with E-state index in [0.29, 0.717) is 17.7 Å². The maximum Gasteiger partial charge on any atom is 0.243 e. The van der Waals surface area contributed by atoms with E-state index in [0.717, 1.165) is 36.8 Å². The van der Waals surface area contributed by atoms with Gasteiger partial charge in [0.15, 0.2) is 0 Å². The van der Waals surface area contributed by atoms with Crippen LogP contribution in [0, 0.1) is 12.7 Å². The number of benzene rings is 3. The van der Waals surface area contributed by atoms with E-state index in [-0.39, 0.29) is 36.0 Å². The van der Waals surface area contributed by atoms with E-state index in [9.17, 15) is 14.0 Å². The zero-order valence-electron chi connectivity index (χ0n) is 21.4. The lowest BCUT2D eigenvalue weighted by molar-refractivity contribution is -0.139. The number of rotatable bonds is 11. The second-order valence-corrected chi connectivity index (χ2v) is 10.8. The van der Waals surface area contributed by atoms with Crippen LogP contribution >= 0.6 is 11.8 Å². The fourth-order valence-electron chi connectivity index (χ4n) is 4.76. The van der Waals surface area contributed by atoms with Crippen LogP contribution in [0.5, 0.6) is 0 Å². The molecule has 3 aromatic rings. The third-order valence-corrected chi connectivity index (χ3v) is 7.87. The summed E-state index contributed by atoms with van der Waals surface area (Å²) in [5, 5.41) is 3.19. The number of carbonyl (C=O) groups excluding carboxylic acids is 2. The Labute approximate surface area is 223 Å². The summed E-state index contributed by atoms with van der Waals surface area (Å²) in [6.07, 6.45) is 4.49. The summed E-state index contributed by atoms with van der Waals surface area (Å²) in [5.74, 6) is 0.204. The third kappa shape index (κ3) is 7.93. The van der Waals surface area contributed by atoms with Gasteiger partial charge in [-0.15, -0.1) is 11.8 Å². The zero-order chi connectivity index (χ0) is 26.0. The van der Waals surface area contributed by atoms with Crippen molar-refractivity contribution in [2.24, 2.45) is 0 Å². The lowest BCUT2D eigenvalue weighted by atomic mass is 10.0. The molecule has 0 unspecified atom stereocenters. The second-order valence-electron chi connectivity index (χ2n) is 9.79. The van der Waals surface area contributed by atoms with Gasteiger partial charge in [-0.3, -0.25) is 9.59 Å². The summed E-state index contributed by atoms with van der Waals surface area (Å²) >= 11 is 1.52. The molecule has 1 aliphatic carbocycles. The van der Waals surface area contributed by atoms with Crippen molar-refractivity contribution in [3.8, 4) is 0 Å². The molecule has 1 aliphatic rings. The number of hydrogen-bond donors (Lipinski definition) is 1. The van der Waals surface area contributed by atoms with E-state index in [2.05, 4.69) is 29.6 Å². The van der Waals surface area contributed by atoms with Gasteiger partial charge in [0.25, 0.3) is 0 Å². The Hall–Kier alpha value is -3.12. The van der Waals surface area contributed by atoms with E-state index in [1.165, 1.54) is 23.4 Å². The van der Waals surface area contributed by atoms with E-state index in [4.69, 9.17) is 0 Å². The Balaban J connectivity index is 1.56. The molecule has 0 heterocycles. The van der Waals surface area contributed by atoms with E-state index < -0.39 is 6.04 Å². The Morgan fingerprint density at radius 1 is 0.946 bits per heavy atom. The molecule has 4 rings (SSSR count). The fraction of sp³-hybridized carbons (Fsp3) is 0.355. The van der Waals surface area contributed by atoms with Crippen LogP contribution in [-0.4, -0.2) is 34.6 Å². The monoisotopic (exact) mass is 518 g/mol. The fourth-order valence-corrected chi connectivity index (χ4v) is 5.63. The summed E-state index contributed by atoms with van der Waals surface area (Å²) in [4.78, 5) is 28.9. The molecular formula is C31H35FN2O2S. The molecule has 0 bridgehead atoms. The van der Waals surface area contributed by atoms with Crippen LogP contribution in [0.3, 0.4) is 0 Å². The first-order valence-electron chi connectivity index (χ1n) is 13.0. The highest BCUT2D eigenvalue weighted by Crippen LogP contribution is 2.22. The topological polar surface area (TPSA) is 49.4 Å². The second kappa shape index (κ2) is 13.4. The van der Waals surface area contributed by atoms with Crippen molar-refractivity contribution in [2.45, 2.75) is 63.4 Å². The summed E-state index contributed by atoms with van der Waals surface area (Å²) in [6, 6.07) is 23.9. The number of aryl methyl sites for hydroxylation is 1. The first kappa shape index (κ1) is 26.9. The molecule has 1 atom stereocenters. The molecule has 0 aromatic heterocycles. The molecule has 3 aromatic carbocycles. The molecule has 0 radical (unpaired) electrons. The Morgan fingerprint density at radius 2 is 1.62 bits per heavy atom. The third-order valence-electron chi connectivity index (χ3n) is 6.89. The van der Waals surface area contributed by atoms with Gasteiger partial charge < -0.3 is 10.2 Å². The van der Waals surface area contributed by atoms with Gasteiger partial charge in [-0.25, -0.2) is 4.39 Å². The van der Waals surface area contributed by atoms with Crippen molar-refractivity contribution in [3.05, 3.63) is 107 Å². The van der Waals surface area contributed by atoms with Gasteiger partial charge >= 0.3 is 0 Å². The number of halogens is 1. The van der Waals surface area contributed by atoms with E-state index in [1.54, 1.807) is 23.1 Å². The highest BCUT2D eigenvalue weighted by atomic mass is 32.2. The summed E-state index contributed by atoms with van der Waals surface area (Å²) in [7, 11) is 0. The lowest BCUT2D eigenvalue weighted by Crippen LogP contribution is -2.52. The number of carbonyl (C=O) groups is 2. The Bertz CT molecular complexity index is 1160. The number of nitrogens with one attached hydrogen (secondary N) is 1. The maximum absolute atomic E-state index is 14.7. The van der Waals surface area contributed by atoms with Gasteiger partial charge in [-0.1, -0.05) is 91.2 Å². The van der Waals surface area contributed by atoms with Crippen molar-refractivity contribution < 1.29 is 14.0 Å². The zero-order valence-corrected chi connectivity index (χ0v) is 22.2. The summed E-state index contributed by atoms with van der Waals surface area (Å²) in [6.45, 7) is 2.09. The highest BCUT2D eigenvalue weighted by Gasteiger charge is 2.32. The lowest BCUT2D eigenvalue weighted by Gasteiger charge is -2.32. The molecular weight excluding hydrogens is 483 g/mol. The minimum atomic E-state index is -0.727. The van der Waals surface area contributed by atoms with Crippen LogP contribution in [0.2, 0.25) is 0 Å². The van der Waals surface area contributed by atoms with Gasteiger partial charge in [0.2, 0.25) is 11.8 Å². The maximum atomic E-state index is 14.7. The average molecular weight is 519 g/mol. The molecule has 1 fully saturated rings. The minimum absolute atomic E-state index is 0.0478. The molecule has 0 saturated heterocycles. The molecule has 1 N–H and O–H groups in total. The van der Waals surface area contributed by atoms with Crippen molar-refractivity contribution in [3.63, 3.8) is 0 Å². The van der Waals surface area contributed by atoms with E-state index in [1.807, 2.05) is 37.3 Å². The highest BCUT2D eigenvalue weighted by molar-refractivity contribution is 7.99. The molecule has 0 spiro atoms. The van der Waals surface area contributed by atoms with Gasteiger partial charge in [-0.2, -0.15) is 0 Å². The first-order valence-corrected chi connectivity index (χ1v) is 14.2. The molecule has 1 saturated carbocycles. The van der Waals surface area contributed by atoms with Crippen LogP contribution < -0.4 is 5.32 Å². The summed E-state index contributed by atoms with van der Waals surface area (Å²) < 4.78 is 14.7. The molecule has 2 amide bonds. The van der Waals surface area contributed by atoms with Crippen LogP contribution in [0.15, 0.2) is 78.9 Å². The smallest absolute Gasteiger partial charge is 0.243 e.